The van der Waals surface area contributed by atoms with Gasteiger partial charge in [-0.3, -0.25) is 4.90 Å². The van der Waals surface area contributed by atoms with Crippen LogP contribution in [0.15, 0.2) is 66.9 Å². The van der Waals surface area contributed by atoms with Crippen LogP contribution in [0.2, 0.25) is 0 Å². The van der Waals surface area contributed by atoms with Crippen molar-refractivity contribution in [1.82, 2.24) is 9.88 Å². The molecule has 0 atom stereocenters. The average molecular weight is 409 g/mol. The second-order valence-electron chi connectivity index (χ2n) is 6.89. The monoisotopic (exact) mass is 409 g/mol. The number of halogens is 1. The van der Waals surface area contributed by atoms with Gasteiger partial charge in [-0.25, -0.2) is 9.37 Å². The molecule has 0 bridgehead atoms. The first kappa shape index (κ1) is 20.1. The highest BCUT2D eigenvalue weighted by Crippen LogP contribution is 2.24. The van der Waals surface area contributed by atoms with Gasteiger partial charge in [0, 0.05) is 31.4 Å². The van der Waals surface area contributed by atoms with E-state index in [0.717, 1.165) is 44.3 Å². The Morgan fingerprint density at radius 1 is 0.967 bits per heavy atom. The van der Waals surface area contributed by atoms with Crippen molar-refractivity contribution in [3.05, 3.63) is 72.7 Å². The van der Waals surface area contributed by atoms with Crippen LogP contribution in [0.4, 0.5) is 15.9 Å². The van der Waals surface area contributed by atoms with E-state index in [-0.39, 0.29) is 5.82 Å². The standard InChI is InChI=1S/C23H24FN3O3/c24-18-4-6-20(7-5-18)30-22-8-9-23(25-17-22)26-19-2-1-3-21(16-19)29-15-12-27-10-13-28-14-11-27/h1-9,16-17H,10-15H2,(H,25,26). The smallest absolute Gasteiger partial charge is 0.145 e. The first-order chi connectivity index (χ1) is 14.7. The summed E-state index contributed by atoms with van der Waals surface area (Å²) in [6, 6.07) is 17.3. The number of hydrogen-bond acceptors (Lipinski definition) is 6. The molecule has 0 amide bonds. The summed E-state index contributed by atoms with van der Waals surface area (Å²) >= 11 is 0. The van der Waals surface area contributed by atoms with Gasteiger partial charge < -0.3 is 19.5 Å². The number of nitrogens with zero attached hydrogens (tertiary/aromatic N) is 2. The lowest BCUT2D eigenvalue weighted by Crippen LogP contribution is -2.38. The zero-order valence-corrected chi connectivity index (χ0v) is 16.6. The lowest BCUT2D eigenvalue weighted by atomic mass is 10.3. The molecular weight excluding hydrogens is 385 g/mol. The van der Waals surface area contributed by atoms with Gasteiger partial charge in [0.2, 0.25) is 0 Å². The molecule has 30 heavy (non-hydrogen) atoms. The molecule has 3 aromatic rings. The minimum atomic E-state index is -0.299. The normalized spacial score (nSPS) is 14.3. The Morgan fingerprint density at radius 2 is 1.77 bits per heavy atom. The summed E-state index contributed by atoms with van der Waals surface area (Å²) < 4.78 is 29.9. The molecule has 0 radical (unpaired) electrons. The fourth-order valence-corrected chi connectivity index (χ4v) is 3.08. The Labute approximate surface area is 175 Å². The van der Waals surface area contributed by atoms with Crippen LogP contribution in [0, 0.1) is 5.82 Å². The summed E-state index contributed by atoms with van der Waals surface area (Å²) in [5.41, 5.74) is 0.888. The number of anilines is 2. The van der Waals surface area contributed by atoms with Gasteiger partial charge in [0.15, 0.2) is 0 Å². The highest BCUT2D eigenvalue weighted by molar-refractivity contribution is 5.58. The van der Waals surface area contributed by atoms with Gasteiger partial charge in [0.05, 0.1) is 19.4 Å². The van der Waals surface area contributed by atoms with Gasteiger partial charge in [-0.15, -0.1) is 0 Å². The maximum atomic E-state index is 13.0. The van der Waals surface area contributed by atoms with Crippen LogP contribution in [0.5, 0.6) is 17.2 Å². The molecule has 2 heterocycles. The molecule has 0 spiro atoms. The first-order valence-corrected chi connectivity index (χ1v) is 9.94. The van der Waals surface area contributed by atoms with Crippen molar-refractivity contribution in [2.75, 3.05) is 44.8 Å². The molecule has 156 valence electrons. The van der Waals surface area contributed by atoms with Gasteiger partial charge >= 0.3 is 0 Å². The highest BCUT2D eigenvalue weighted by atomic mass is 19.1. The quantitative estimate of drug-likeness (QED) is 0.593. The van der Waals surface area contributed by atoms with Crippen molar-refractivity contribution in [3.63, 3.8) is 0 Å². The fraction of sp³-hybridized carbons (Fsp3) is 0.261. The van der Waals surface area contributed by atoms with Gasteiger partial charge in [0.1, 0.15) is 35.5 Å². The molecule has 1 aliphatic heterocycles. The Kier molecular flexibility index (Phi) is 6.74. The van der Waals surface area contributed by atoms with Crippen LogP contribution >= 0.6 is 0 Å². The molecule has 1 fully saturated rings. The maximum Gasteiger partial charge on any atom is 0.145 e. The van der Waals surface area contributed by atoms with E-state index in [2.05, 4.69) is 15.2 Å². The summed E-state index contributed by atoms with van der Waals surface area (Å²) in [5.74, 6) is 2.33. The molecule has 6 nitrogen and oxygen atoms in total. The summed E-state index contributed by atoms with van der Waals surface area (Å²) in [6.07, 6.45) is 1.62. The van der Waals surface area contributed by atoms with E-state index in [1.54, 1.807) is 24.4 Å². The fourth-order valence-electron chi connectivity index (χ4n) is 3.08. The van der Waals surface area contributed by atoms with Crippen molar-refractivity contribution >= 4 is 11.5 Å². The number of rotatable bonds is 8. The SMILES string of the molecule is Fc1ccc(Oc2ccc(Nc3cccc(OCCN4CCOCC4)c3)nc2)cc1. The van der Waals surface area contributed by atoms with Crippen molar-refractivity contribution in [2.45, 2.75) is 0 Å². The van der Waals surface area contributed by atoms with E-state index in [0.29, 0.717) is 23.9 Å². The Morgan fingerprint density at radius 3 is 2.53 bits per heavy atom. The maximum absolute atomic E-state index is 13.0. The number of hydrogen-bond donors (Lipinski definition) is 1. The van der Waals surface area contributed by atoms with E-state index >= 15 is 0 Å². The number of ether oxygens (including phenoxy) is 3. The summed E-state index contributed by atoms with van der Waals surface area (Å²) in [4.78, 5) is 6.71. The van der Waals surface area contributed by atoms with E-state index in [4.69, 9.17) is 14.2 Å². The van der Waals surface area contributed by atoms with Crippen molar-refractivity contribution in [3.8, 4) is 17.2 Å². The summed E-state index contributed by atoms with van der Waals surface area (Å²) in [6.45, 7) is 5.02. The Bertz CT molecular complexity index is 929. The second kappa shape index (κ2) is 10.0. The molecule has 4 rings (SSSR count). The average Bonchev–Trinajstić information content (AvgIpc) is 2.78. The number of pyridine rings is 1. The zero-order chi connectivity index (χ0) is 20.6. The number of morpholine rings is 1. The lowest BCUT2D eigenvalue weighted by Gasteiger charge is -2.26. The molecule has 0 aliphatic carbocycles. The topological polar surface area (TPSA) is 55.8 Å². The van der Waals surface area contributed by atoms with Crippen LogP contribution in [0.25, 0.3) is 0 Å². The molecular formula is C23H24FN3O3. The molecule has 0 saturated carbocycles. The minimum Gasteiger partial charge on any atom is -0.492 e. The third-order valence-electron chi connectivity index (χ3n) is 4.67. The van der Waals surface area contributed by atoms with E-state index in [1.807, 2.05) is 30.3 Å². The summed E-state index contributed by atoms with van der Waals surface area (Å²) in [7, 11) is 0. The lowest BCUT2D eigenvalue weighted by molar-refractivity contribution is 0.0322. The molecule has 7 heteroatoms. The summed E-state index contributed by atoms with van der Waals surface area (Å²) in [5, 5.41) is 3.26. The third kappa shape index (κ3) is 5.92. The zero-order valence-electron chi connectivity index (χ0n) is 16.6. The largest absolute Gasteiger partial charge is 0.492 e. The first-order valence-electron chi connectivity index (χ1n) is 9.94. The van der Waals surface area contributed by atoms with Crippen molar-refractivity contribution < 1.29 is 18.6 Å². The molecule has 2 aromatic carbocycles. The van der Waals surface area contributed by atoms with Crippen LogP contribution in [-0.4, -0.2) is 49.3 Å². The minimum absolute atomic E-state index is 0.299. The Hall–Kier alpha value is -3.16. The van der Waals surface area contributed by atoms with Crippen LogP contribution in [0.1, 0.15) is 0 Å². The van der Waals surface area contributed by atoms with E-state index < -0.39 is 0 Å². The Balaban J connectivity index is 1.29. The molecule has 1 saturated heterocycles. The molecule has 1 aliphatic rings. The van der Waals surface area contributed by atoms with Gasteiger partial charge in [-0.05, 0) is 48.5 Å². The number of benzene rings is 2. The highest BCUT2D eigenvalue weighted by Gasteiger charge is 2.10. The van der Waals surface area contributed by atoms with Crippen LogP contribution in [0.3, 0.4) is 0 Å². The predicted molar refractivity (Wildman–Crippen MR) is 113 cm³/mol. The third-order valence-corrected chi connectivity index (χ3v) is 4.67. The van der Waals surface area contributed by atoms with Crippen LogP contribution in [-0.2, 0) is 4.74 Å². The van der Waals surface area contributed by atoms with Crippen molar-refractivity contribution in [1.29, 1.82) is 0 Å². The number of nitrogens with one attached hydrogen (secondary N) is 1. The second-order valence-corrected chi connectivity index (χ2v) is 6.89. The molecule has 1 N–H and O–H groups in total. The molecule has 0 unspecified atom stereocenters. The molecule has 1 aromatic heterocycles. The van der Waals surface area contributed by atoms with E-state index in [1.165, 1.54) is 12.1 Å². The van der Waals surface area contributed by atoms with Crippen molar-refractivity contribution in [2.24, 2.45) is 0 Å². The van der Waals surface area contributed by atoms with E-state index in [9.17, 15) is 4.39 Å². The number of aromatic nitrogens is 1. The van der Waals surface area contributed by atoms with Crippen LogP contribution < -0.4 is 14.8 Å². The predicted octanol–water partition coefficient (Wildman–Crippen LogP) is 4.47. The van der Waals surface area contributed by atoms with Gasteiger partial charge in [-0.1, -0.05) is 6.07 Å². The van der Waals surface area contributed by atoms with Gasteiger partial charge in [-0.2, -0.15) is 0 Å². The van der Waals surface area contributed by atoms with Gasteiger partial charge in [0.25, 0.3) is 0 Å².